The second kappa shape index (κ2) is 6.82. The first-order valence-corrected chi connectivity index (χ1v) is 7.88. The molecule has 1 N–H and O–H groups in total. The summed E-state index contributed by atoms with van der Waals surface area (Å²) in [6.45, 7) is 2.34. The highest BCUT2D eigenvalue weighted by molar-refractivity contribution is 6.06. The number of amides is 1. The van der Waals surface area contributed by atoms with Crippen molar-refractivity contribution in [1.82, 2.24) is 30.0 Å². The minimum atomic E-state index is -4.36. The monoisotopic (exact) mass is 379 g/mol. The van der Waals surface area contributed by atoms with E-state index in [1.54, 1.807) is 31.6 Å². The first kappa shape index (κ1) is 18.5. The van der Waals surface area contributed by atoms with Crippen LogP contribution >= 0.6 is 0 Å². The van der Waals surface area contributed by atoms with Gasteiger partial charge in [0, 0.05) is 18.9 Å². The van der Waals surface area contributed by atoms with E-state index in [0.717, 1.165) is 4.68 Å². The molecule has 3 aromatic rings. The molecule has 3 rings (SSSR count). The molecule has 1 amide bonds. The van der Waals surface area contributed by atoms with Crippen LogP contribution in [0.2, 0.25) is 0 Å². The average Bonchev–Trinajstić information content (AvgIpc) is 3.09. The van der Waals surface area contributed by atoms with Crippen molar-refractivity contribution in [2.24, 2.45) is 12.1 Å². The highest BCUT2D eigenvalue weighted by Gasteiger charge is 2.28. The molecule has 11 heteroatoms. The molecule has 0 saturated carbocycles. The maximum atomic E-state index is 12.5. The Morgan fingerprint density at radius 2 is 2.07 bits per heavy atom. The Morgan fingerprint density at radius 1 is 1.33 bits per heavy atom. The van der Waals surface area contributed by atoms with Gasteiger partial charge in [0.15, 0.2) is 5.65 Å². The summed E-state index contributed by atoms with van der Waals surface area (Å²) in [5.74, 6) is -0.479. The maximum absolute atomic E-state index is 12.5. The predicted molar refractivity (Wildman–Crippen MR) is 91.3 cm³/mol. The Bertz CT molecular complexity index is 1030. The minimum absolute atomic E-state index is 0.188. The van der Waals surface area contributed by atoms with E-state index in [1.165, 1.54) is 18.5 Å². The summed E-state index contributed by atoms with van der Waals surface area (Å²) in [7, 11) is 1.74. The molecule has 0 saturated heterocycles. The summed E-state index contributed by atoms with van der Waals surface area (Å²) in [5.41, 5.74) is 4.78. The second-order valence-corrected chi connectivity index (χ2v) is 5.97. The molecule has 0 radical (unpaired) electrons. The van der Waals surface area contributed by atoms with E-state index in [4.69, 9.17) is 0 Å². The van der Waals surface area contributed by atoms with Crippen LogP contribution in [0.5, 0.6) is 0 Å². The van der Waals surface area contributed by atoms with Crippen molar-refractivity contribution in [2.45, 2.75) is 26.6 Å². The lowest BCUT2D eigenvalue weighted by atomic mass is 10.1. The lowest BCUT2D eigenvalue weighted by Gasteiger charge is -2.05. The number of nitrogens with zero attached hydrogens (tertiary/aromatic N) is 6. The number of hydrogen-bond acceptors (Lipinski definition) is 5. The van der Waals surface area contributed by atoms with Crippen molar-refractivity contribution >= 4 is 23.2 Å². The zero-order valence-electron chi connectivity index (χ0n) is 14.7. The number of fused-ring (bicyclic) bond motifs is 1. The number of pyridine rings is 1. The molecule has 142 valence electrons. The standard InChI is InChI=1S/C16H16F3N7O/c1-9-6-12(13-10(2)23-25(3)14(13)21-9)15(27)22-20-7-11-4-5-26(24-11)8-16(17,18)19/h4-7H,8H2,1-3H3,(H,22,27)/b20-7-. The third-order valence-electron chi connectivity index (χ3n) is 3.71. The summed E-state index contributed by atoms with van der Waals surface area (Å²) in [4.78, 5) is 16.9. The number of halogens is 3. The number of alkyl halides is 3. The third kappa shape index (κ3) is 4.13. The number of hydrazone groups is 1. The van der Waals surface area contributed by atoms with Gasteiger partial charge in [0.2, 0.25) is 0 Å². The summed E-state index contributed by atoms with van der Waals surface area (Å²) in [6.07, 6.45) is -2.00. The molecule has 0 atom stereocenters. The zero-order valence-corrected chi connectivity index (χ0v) is 14.7. The molecule has 8 nitrogen and oxygen atoms in total. The summed E-state index contributed by atoms with van der Waals surface area (Å²) >= 11 is 0. The Labute approximate surface area is 151 Å². The smallest absolute Gasteiger partial charge is 0.267 e. The quantitative estimate of drug-likeness (QED) is 0.555. The number of aryl methyl sites for hydroxylation is 3. The van der Waals surface area contributed by atoms with E-state index in [1.807, 2.05) is 0 Å². The van der Waals surface area contributed by atoms with Crippen LogP contribution in [0.25, 0.3) is 11.0 Å². The Morgan fingerprint density at radius 3 is 2.78 bits per heavy atom. The number of hydrogen-bond donors (Lipinski definition) is 1. The number of carbonyl (C=O) groups excluding carboxylic acids is 1. The lowest BCUT2D eigenvalue weighted by Crippen LogP contribution is -2.19. The van der Waals surface area contributed by atoms with Crippen LogP contribution < -0.4 is 5.43 Å². The minimum Gasteiger partial charge on any atom is -0.267 e. The van der Waals surface area contributed by atoms with E-state index in [-0.39, 0.29) is 5.69 Å². The van der Waals surface area contributed by atoms with Gasteiger partial charge < -0.3 is 0 Å². The van der Waals surface area contributed by atoms with Crippen LogP contribution in [0, 0.1) is 13.8 Å². The first-order chi connectivity index (χ1) is 12.6. The van der Waals surface area contributed by atoms with Gasteiger partial charge in [-0.05, 0) is 26.0 Å². The third-order valence-corrected chi connectivity index (χ3v) is 3.71. The SMILES string of the molecule is Cc1cc(C(=O)N/N=C\c2ccn(CC(F)(F)F)n2)c2c(C)nn(C)c2n1. The number of rotatable bonds is 4. The lowest BCUT2D eigenvalue weighted by molar-refractivity contribution is -0.142. The zero-order chi connectivity index (χ0) is 19.8. The molecule has 0 bridgehead atoms. The van der Waals surface area contributed by atoms with E-state index >= 15 is 0 Å². The number of nitrogens with one attached hydrogen (secondary N) is 1. The van der Waals surface area contributed by atoms with Crippen molar-refractivity contribution in [2.75, 3.05) is 0 Å². The molecular weight excluding hydrogens is 363 g/mol. The van der Waals surface area contributed by atoms with E-state index in [0.29, 0.717) is 28.0 Å². The van der Waals surface area contributed by atoms with Gasteiger partial charge in [0.05, 0.1) is 22.9 Å². The van der Waals surface area contributed by atoms with Crippen LogP contribution in [-0.4, -0.2) is 42.8 Å². The maximum Gasteiger partial charge on any atom is 0.408 e. The topological polar surface area (TPSA) is 90.0 Å². The van der Waals surface area contributed by atoms with Crippen LogP contribution in [0.15, 0.2) is 23.4 Å². The Hall–Kier alpha value is -3.24. The molecule has 0 aliphatic rings. The van der Waals surface area contributed by atoms with Crippen molar-refractivity contribution < 1.29 is 18.0 Å². The summed E-state index contributed by atoms with van der Waals surface area (Å²) in [5, 5.41) is 12.4. The molecule has 0 fully saturated rings. The summed E-state index contributed by atoms with van der Waals surface area (Å²) < 4.78 is 39.3. The van der Waals surface area contributed by atoms with Gasteiger partial charge in [0.1, 0.15) is 12.2 Å². The van der Waals surface area contributed by atoms with Crippen molar-refractivity contribution in [1.29, 1.82) is 0 Å². The van der Waals surface area contributed by atoms with Gasteiger partial charge in [-0.3, -0.25) is 14.2 Å². The molecule has 3 aromatic heterocycles. The van der Waals surface area contributed by atoms with Crippen molar-refractivity contribution in [3.63, 3.8) is 0 Å². The molecular formula is C16H16F3N7O. The summed E-state index contributed by atoms with van der Waals surface area (Å²) in [6, 6.07) is 2.99. The highest BCUT2D eigenvalue weighted by atomic mass is 19.4. The van der Waals surface area contributed by atoms with Crippen LogP contribution in [0.4, 0.5) is 13.2 Å². The largest absolute Gasteiger partial charge is 0.408 e. The first-order valence-electron chi connectivity index (χ1n) is 7.88. The van der Waals surface area contributed by atoms with Crippen LogP contribution in [0.1, 0.15) is 27.4 Å². The van der Waals surface area contributed by atoms with Crippen molar-refractivity contribution in [3.8, 4) is 0 Å². The predicted octanol–water partition coefficient (Wildman–Crippen LogP) is 2.11. The second-order valence-electron chi connectivity index (χ2n) is 5.97. The molecule has 0 aliphatic heterocycles. The fraction of sp³-hybridized carbons (Fsp3) is 0.312. The van der Waals surface area contributed by atoms with Gasteiger partial charge in [-0.1, -0.05) is 0 Å². The van der Waals surface area contributed by atoms with Crippen molar-refractivity contribution in [3.05, 3.63) is 41.0 Å². The normalized spacial score (nSPS) is 12.2. The van der Waals surface area contributed by atoms with Gasteiger partial charge in [-0.25, -0.2) is 10.4 Å². The molecule has 0 unspecified atom stereocenters. The van der Waals surface area contributed by atoms with Gasteiger partial charge in [-0.2, -0.15) is 28.5 Å². The average molecular weight is 379 g/mol. The van der Waals surface area contributed by atoms with Gasteiger partial charge >= 0.3 is 6.18 Å². The Balaban J connectivity index is 1.77. The van der Waals surface area contributed by atoms with Crippen LogP contribution in [0.3, 0.4) is 0 Å². The van der Waals surface area contributed by atoms with Crippen LogP contribution in [-0.2, 0) is 13.6 Å². The fourth-order valence-electron chi connectivity index (χ4n) is 2.68. The fourth-order valence-corrected chi connectivity index (χ4v) is 2.68. The highest BCUT2D eigenvalue weighted by Crippen LogP contribution is 2.21. The van der Waals surface area contributed by atoms with E-state index < -0.39 is 18.6 Å². The van der Waals surface area contributed by atoms with E-state index in [9.17, 15) is 18.0 Å². The van der Waals surface area contributed by atoms with E-state index in [2.05, 4.69) is 25.7 Å². The molecule has 27 heavy (non-hydrogen) atoms. The molecule has 3 heterocycles. The molecule has 0 aliphatic carbocycles. The molecule has 0 spiro atoms. The number of carbonyl (C=O) groups is 1. The van der Waals surface area contributed by atoms with Gasteiger partial charge in [0.25, 0.3) is 5.91 Å². The molecule has 0 aromatic carbocycles. The number of aromatic nitrogens is 5. The Kier molecular flexibility index (Phi) is 4.68. The van der Waals surface area contributed by atoms with Gasteiger partial charge in [-0.15, -0.1) is 0 Å².